The van der Waals surface area contributed by atoms with Crippen molar-refractivity contribution in [1.29, 1.82) is 0 Å². The zero-order valence-electron chi connectivity index (χ0n) is 10.7. The Morgan fingerprint density at radius 1 is 1.42 bits per heavy atom. The lowest BCUT2D eigenvalue weighted by Crippen LogP contribution is -2.37. The van der Waals surface area contributed by atoms with Crippen LogP contribution >= 0.6 is 0 Å². The van der Waals surface area contributed by atoms with E-state index in [1.54, 1.807) is 17.0 Å². The average molecular weight is 264 g/mol. The largest absolute Gasteiger partial charge is 0.354 e. The van der Waals surface area contributed by atoms with Crippen molar-refractivity contribution >= 4 is 11.8 Å². The smallest absolute Gasteiger partial charge is 0.239 e. The van der Waals surface area contributed by atoms with Gasteiger partial charge in [-0.2, -0.15) is 0 Å². The van der Waals surface area contributed by atoms with E-state index in [1.807, 2.05) is 0 Å². The van der Waals surface area contributed by atoms with Crippen molar-refractivity contribution in [1.82, 2.24) is 10.2 Å². The fourth-order valence-corrected chi connectivity index (χ4v) is 2.12. The van der Waals surface area contributed by atoms with E-state index in [2.05, 4.69) is 5.32 Å². The first-order chi connectivity index (χ1) is 9.15. The van der Waals surface area contributed by atoms with Gasteiger partial charge in [-0.1, -0.05) is 12.1 Å². The van der Waals surface area contributed by atoms with Gasteiger partial charge in [0.2, 0.25) is 11.8 Å². The van der Waals surface area contributed by atoms with Crippen molar-refractivity contribution in [2.45, 2.75) is 19.3 Å². The molecule has 0 saturated carbocycles. The molecular weight excluding hydrogens is 247 g/mol. The van der Waals surface area contributed by atoms with E-state index in [9.17, 15) is 14.0 Å². The summed E-state index contributed by atoms with van der Waals surface area (Å²) < 4.78 is 13.0. The Labute approximate surface area is 111 Å². The number of hydrogen-bond donors (Lipinski definition) is 1. The van der Waals surface area contributed by atoms with E-state index in [0.717, 1.165) is 12.0 Å². The van der Waals surface area contributed by atoms with E-state index < -0.39 is 0 Å². The molecule has 1 aromatic rings. The molecule has 2 rings (SSSR count). The number of benzene rings is 1. The van der Waals surface area contributed by atoms with Crippen molar-refractivity contribution in [2.75, 3.05) is 19.6 Å². The van der Waals surface area contributed by atoms with Crippen LogP contribution in [0.5, 0.6) is 0 Å². The van der Waals surface area contributed by atoms with E-state index in [1.165, 1.54) is 12.1 Å². The Morgan fingerprint density at radius 3 is 3.05 bits per heavy atom. The maximum Gasteiger partial charge on any atom is 0.239 e. The summed E-state index contributed by atoms with van der Waals surface area (Å²) in [6.45, 7) is 1.34. The number of amides is 2. The molecule has 1 aromatic carbocycles. The molecule has 1 aliphatic heterocycles. The molecule has 4 nitrogen and oxygen atoms in total. The number of hydrogen-bond acceptors (Lipinski definition) is 2. The molecule has 2 amide bonds. The molecule has 102 valence electrons. The lowest BCUT2D eigenvalue weighted by Gasteiger charge is -2.18. The molecule has 0 bridgehead atoms. The molecule has 0 radical (unpaired) electrons. The molecule has 1 fully saturated rings. The Kier molecular flexibility index (Phi) is 4.49. The van der Waals surface area contributed by atoms with Crippen LogP contribution in [0.25, 0.3) is 0 Å². The Morgan fingerprint density at radius 2 is 2.26 bits per heavy atom. The topological polar surface area (TPSA) is 49.4 Å². The molecule has 19 heavy (non-hydrogen) atoms. The van der Waals surface area contributed by atoms with E-state index in [-0.39, 0.29) is 24.2 Å². The van der Waals surface area contributed by atoms with Gasteiger partial charge in [0.1, 0.15) is 5.82 Å². The van der Waals surface area contributed by atoms with Gasteiger partial charge < -0.3 is 10.2 Å². The van der Waals surface area contributed by atoms with Gasteiger partial charge in [-0.3, -0.25) is 9.59 Å². The summed E-state index contributed by atoms with van der Waals surface area (Å²) in [5, 5.41) is 2.73. The molecule has 1 heterocycles. The number of aryl methyl sites for hydroxylation is 1. The summed E-state index contributed by atoms with van der Waals surface area (Å²) in [6.07, 6.45) is 1.57. The summed E-state index contributed by atoms with van der Waals surface area (Å²) in [4.78, 5) is 24.9. The molecule has 0 unspecified atom stereocenters. The third-order valence-corrected chi connectivity index (χ3v) is 3.13. The van der Waals surface area contributed by atoms with Crippen molar-refractivity contribution in [2.24, 2.45) is 0 Å². The Balaban J connectivity index is 1.88. The molecule has 5 heteroatoms. The van der Waals surface area contributed by atoms with Crippen LogP contribution in [0.15, 0.2) is 24.3 Å². The third kappa shape index (κ3) is 4.05. The zero-order chi connectivity index (χ0) is 13.7. The maximum absolute atomic E-state index is 13.0. The predicted molar refractivity (Wildman–Crippen MR) is 68.9 cm³/mol. The van der Waals surface area contributed by atoms with Crippen LogP contribution in [0.4, 0.5) is 4.39 Å². The number of halogens is 1. The summed E-state index contributed by atoms with van der Waals surface area (Å²) in [5.41, 5.74) is 0.799. The highest BCUT2D eigenvalue weighted by molar-refractivity contribution is 5.85. The zero-order valence-corrected chi connectivity index (χ0v) is 10.7. The van der Waals surface area contributed by atoms with Gasteiger partial charge in [0.25, 0.3) is 0 Å². The van der Waals surface area contributed by atoms with Gasteiger partial charge in [-0.25, -0.2) is 4.39 Å². The van der Waals surface area contributed by atoms with Crippen LogP contribution in [-0.2, 0) is 16.0 Å². The molecule has 0 spiro atoms. The minimum absolute atomic E-state index is 0.0543. The molecule has 1 aliphatic rings. The first-order valence-electron chi connectivity index (χ1n) is 6.44. The van der Waals surface area contributed by atoms with Gasteiger partial charge in [0.05, 0.1) is 6.54 Å². The van der Waals surface area contributed by atoms with Gasteiger partial charge in [-0.05, 0) is 30.5 Å². The fraction of sp³-hybridized carbons (Fsp3) is 0.429. The standard InChI is InChI=1S/C14H17FN2O2/c15-12-4-1-3-11(9-12)5-6-14(19)17-8-2-7-16-13(18)10-17/h1,3-4,9H,2,5-8,10H2,(H,16,18). The van der Waals surface area contributed by atoms with Crippen LogP contribution in [-0.4, -0.2) is 36.3 Å². The molecule has 1 saturated heterocycles. The average Bonchev–Trinajstić information content (AvgIpc) is 2.61. The monoisotopic (exact) mass is 264 g/mol. The second-order valence-corrected chi connectivity index (χ2v) is 4.65. The van der Waals surface area contributed by atoms with Crippen LogP contribution in [0.2, 0.25) is 0 Å². The second-order valence-electron chi connectivity index (χ2n) is 4.65. The van der Waals surface area contributed by atoms with Crippen LogP contribution in [0, 0.1) is 5.82 Å². The highest BCUT2D eigenvalue weighted by atomic mass is 19.1. The highest BCUT2D eigenvalue weighted by Crippen LogP contribution is 2.08. The number of nitrogens with one attached hydrogen (secondary N) is 1. The maximum atomic E-state index is 13.0. The minimum atomic E-state index is -0.293. The van der Waals surface area contributed by atoms with Gasteiger partial charge in [-0.15, -0.1) is 0 Å². The Hall–Kier alpha value is -1.91. The van der Waals surface area contributed by atoms with E-state index in [4.69, 9.17) is 0 Å². The Bertz CT molecular complexity index is 476. The summed E-state index contributed by atoms with van der Waals surface area (Å²) in [6, 6.07) is 6.24. The first kappa shape index (κ1) is 13.5. The lowest BCUT2D eigenvalue weighted by atomic mass is 10.1. The molecule has 0 aliphatic carbocycles. The van der Waals surface area contributed by atoms with Crippen molar-refractivity contribution in [3.05, 3.63) is 35.6 Å². The number of carbonyl (C=O) groups is 2. The van der Waals surface area contributed by atoms with Crippen LogP contribution in [0.1, 0.15) is 18.4 Å². The summed E-state index contributed by atoms with van der Waals surface area (Å²) in [5.74, 6) is -0.461. The van der Waals surface area contributed by atoms with Crippen molar-refractivity contribution in [3.8, 4) is 0 Å². The van der Waals surface area contributed by atoms with Gasteiger partial charge >= 0.3 is 0 Å². The molecule has 0 atom stereocenters. The highest BCUT2D eigenvalue weighted by Gasteiger charge is 2.19. The predicted octanol–water partition coefficient (Wildman–Crippen LogP) is 1.11. The van der Waals surface area contributed by atoms with Gasteiger partial charge in [0.15, 0.2) is 0 Å². The quantitative estimate of drug-likeness (QED) is 0.889. The second kappa shape index (κ2) is 6.31. The lowest BCUT2D eigenvalue weighted by molar-refractivity contribution is -0.135. The fourth-order valence-electron chi connectivity index (χ4n) is 2.12. The van der Waals surface area contributed by atoms with Crippen molar-refractivity contribution < 1.29 is 14.0 Å². The molecular formula is C14H17FN2O2. The minimum Gasteiger partial charge on any atom is -0.354 e. The number of nitrogens with zero attached hydrogens (tertiary/aromatic N) is 1. The first-order valence-corrected chi connectivity index (χ1v) is 6.44. The molecule has 1 N–H and O–H groups in total. The molecule has 0 aromatic heterocycles. The SMILES string of the molecule is O=C1CN(C(=O)CCc2cccc(F)c2)CCCN1. The van der Waals surface area contributed by atoms with Crippen LogP contribution in [0.3, 0.4) is 0 Å². The van der Waals surface area contributed by atoms with Gasteiger partial charge in [0, 0.05) is 19.5 Å². The third-order valence-electron chi connectivity index (χ3n) is 3.13. The normalized spacial score (nSPS) is 15.8. The van der Waals surface area contributed by atoms with Crippen LogP contribution < -0.4 is 5.32 Å². The van der Waals surface area contributed by atoms with E-state index >= 15 is 0 Å². The van der Waals surface area contributed by atoms with Crippen molar-refractivity contribution in [3.63, 3.8) is 0 Å². The summed E-state index contributed by atoms with van der Waals surface area (Å²) in [7, 11) is 0. The number of carbonyl (C=O) groups excluding carboxylic acids is 2. The van der Waals surface area contributed by atoms with E-state index in [0.29, 0.717) is 25.9 Å². The number of rotatable bonds is 3. The summed E-state index contributed by atoms with van der Waals surface area (Å²) >= 11 is 0.